The lowest BCUT2D eigenvalue weighted by atomic mass is 10.2. The van der Waals surface area contributed by atoms with Crippen molar-refractivity contribution in [3.8, 4) is 0 Å². The van der Waals surface area contributed by atoms with Crippen LogP contribution in [0.1, 0.15) is 6.92 Å². The highest BCUT2D eigenvalue weighted by molar-refractivity contribution is 7.80. The lowest BCUT2D eigenvalue weighted by Crippen LogP contribution is -2.33. The van der Waals surface area contributed by atoms with E-state index in [1.807, 2.05) is 0 Å². The molecular formula is C6H10N4O2S. The molecule has 0 spiro atoms. The molecule has 0 saturated carbocycles. The molecule has 0 aliphatic carbocycles. The third-order valence-electron chi connectivity index (χ3n) is 1.71. The van der Waals surface area contributed by atoms with Crippen molar-refractivity contribution in [3.63, 3.8) is 0 Å². The van der Waals surface area contributed by atoms with Crippen molar-refractivity contribution in [3.05, 3.63) is 21.0 Å². The van der Waals surface area contributed by atoms with Crippen LogP contribution in [0.4, 0.5) is 0 Å². The molecule has 0 aliphatic rings. The zero-order chi connectivity index (χ0) is 10.0. The first kappa shape index (κ1) is 9.72. The first-order valence-electron chi connectivity index (χ1n) is 3.69. The van der Waals surface area contributed by atoms with E-state index in [0.717, 1.165) is 4.57 Å². The van der Waals surface area contributed by atoms with E-state index < -0.39 is 11.4 Å². The van der Waals surface area contributed by atoms with Gasteiger partial charge in [0.05, 0.1) is 4.99 Å². The molecule has 1 aromatic heterocycles. The molecule has 1 rings (SSSR count). The smallest absolute Gasteiger partial charge is 0.344 e. The number of aromatic amines is 2. The molecular weight excluding hydrogens is 192 g/mol. The molecule has 7 heteroatoms. The Morgan fingerprint density at radius 3 is 2.38 bits per heavy atom. The summed E-state index contributed by atoms with van der Waals surface area (Å²) in [5, 5.41) is 4.33. The second-order valence-electron chi connectivity index (χ2n) is 2.77. The number of hydrogen-bond acceptors (Lipinski definition) is 3. The molecule has 0 radical (unpaired) electrons. The third-order valence-corrected chi connectivity index (χ3v) is 2.11. The molecule has 0 saturated heterocycles. The second kappa shape index (κ2) is 3.56. The van der Waals surface area contributed by atoms with Gasteiger partial charge in [-0.15, -0.1) is 0 Å². The van der Waals surface area contributed by atoms with Crippen LogP contribution < -0.4 is 17.1 Å². The van der Waals surface area contributed by atoms with Gasteiger partial charge in [-0.1, -0.05) is 19.1 Å². The van der Waals surface area contributed by atoms with Crippen LogP contribution in [0.15, 0.2) is 9.59 Å². The summed E-state index contributed by atoms with van der Waals surface area (Å²) in [5.41, 5.74) is 4.39. The lowest BCUT2D eigenvalue weighted by Gasteiger charge is -2.07. The van der Waals surface area contributed by atoms with Crippen LogP contribution in [0.25, 0.3) is 0 Å². The van der Waals surface area contributed by atoms with Gasteiger partial charge in [0, 0.05) is 12.5 Å². The van der Waals surface area contributed by atoms with Crippen molar-refractivity contribution in [2.45, 2.75) is 13.5 Å². The molecule has 6 nitrogen and oxygen atoms in total. The van der Waals surface area contributed by atoms with Gasteiger partial charge >= 0.3 is 11.4 Å². The molecule has 1 heterocycles. The molecule has 0 aromatic carbocycles. The number of rotatable bonds is 3. The number of nitrogens with one attached hydrogen (secondary N) is 2. The third kappa shape index (κ3) is 2.05. The maximum absolute atomic E-state index is 11.0. The number of hydrogen-bond donors (Lipinski definition) is 3. The van der Waals surface area contributed by atoms with Crippen molar-refractivity contribution in [1.82, 2.24) is 14.8 Å². The summed E-state index contributed by atoms with van der Waals surface area (Å²) >= 11 is 4.72. The summed E-state index contributed by atoms with van der Waals surface area (Å²) in [6, 6.07) is 0. The van der Waals surface area contributed by atoms with Crippen LogP contribution in [0.5, 0.6) is 0 Å². The molecule has 0 bridgehead atoms. The predicted molar refractivity (Wildman–Crippen MR) is 51.6 cm³/mol. The summed E-state index contributed by atoms with van der Waals surface area (Å²) < 4.78 is 1.02. The predicted octanol–water partition coefficient (Wildman–Crippen LogP) is -1.21. The van der Waals surface area contributed by atoms with Gasteiger partial charge in [0.1, 0.15) is 0 Å². The summed E-state index contributed by atoms with van der Waals surface area (Å²) in [6.07, 6.45) is 0. The molecule has 72 valence electrons. The molecule has 0 fully saturated rings. The summed E-state index contributed by atoms with van der Waals surface area (Å²) in [7, 11) is 0. The summed E-state index contributed by atoms with van der Waals surface area (Å²) in [5.74, 6) is -0.176. The van der Waals surface area contributed by atoms with Crippen LogP contribution in [0, 0.1) is 5.92 Å². The first-order valence-corrected chi connectivity index (χ1v) is 4.10. The van der Waals surface area contributed by atoms with Crippen molar-refractivity contribution in [1.29, 1.82) is 0 Å². The topological polar surface area (TPSA) is 96.7 Å². The highest BCUT2D eigenvalue weighted by atomic mass is 32.1. The van der Waals surface area contributed by atoms with Crippen molar-refractivity contribution < 1.29 is 0 Å². The Kier molecular flexibility index (Phi) is 2.66. The Balaban J connectivity index is 2.92. The molecule has 1 atom stereocenters. The fourth-order valence-electron chi connectivity index (χ4n) is 0.864. The van der Waals surface area contributed by atoms with Crippen molar-refractivity contribution in [2.75, 3.05) is 0 Å². The van der Waals surface area contributed by atoms with Crippen LogP contribution >= 0.6 is 12.2 Å². The van der Waals surface area contributed by atoms with E-state index >= 15 is 0 Å². The largest absolute Gasteiger partial charge is 0.393 e. The average molecular weight is 202 g/mol. The molecule has 0 amide bonds. The maximum atomic E-state index is 11.0. The highest BCUT2D eigenvalue weighted by Crippen LogP contribution is 1.95. The normalized spacial score (nSPS) is 12.7. The van der Waals surface area contributed by atoms with E-state index in [1.165, 1.54) is 0 Å². The number of aromatic nitrogens is 3. The fourth-order valence-corrected chi connectivity index (χ4v) is 0.938. The van der Waals surface area contributed by atoms with E-state index in [2.05, 4.69) is 10.2 Å². The zero-order valence-corrected chi connectivity index (χ0v) is 7.85. The standard InChI is InChI=1S/C6H10N4O2S/c1-3(4(7)13)2-10-5(11)8-9-6(10)12/h3H,2H2,1H3,(H2,7,13)(H,8,11)(H,9,12). The SMILES string of the molecule is CC(Cn1c(=O)[nH][nH]c1=O)C(N)=S. The second-order valence-corrected chi connectivity index (χ2v) is 3.25. The summed E-state index contributed by atoms with van der Waals surface area (Å²) in [4.78, 5) is 22.3. The summed E-state index contributed by atoms with van der Waals surface area (Å²) in [6.45, 7) is 1.95. The average Bonchev–Trinajstić information content (AvgIpc) is 2.35. The zero-order valence-electron chi connectivity index (χ0n) is 7.03. The van der Waals surface area contributed by atoms with Crippen molar-refractivity contribution in [2.24, 2.45) is 11.7 Å². The molecule has 0 aliphatic heterocycles. The Morgan fingerprint density at radius 1 is 1.54 bits per heavy atom. The monoisotopic (exact) mass is 202 g/mol. The minimum atomic E-state index is -0.479. The van der Waals surface area contributed by atoms with Crippen LogP contribution in [-0.2, 0) is 6.54 Å². The Bertz CT molecular complexity index is 387. The number of H-pyrrole nitrogens is 2. The van der Waals surface area contributed by atoms with Gasteiger partial charge in [0.2, 0.25) is 0 Å². The molecule has 4 N–H and O–H groups in total. The van der Waals surface area contributed by atoms with E-state index in [0.29, 0.717) is 0 Å². The fraction of sp³-hybridized carbons (Fsp3) is 0.500. The van der Waals surface area contributed by atoms with Gasteiger partial charge in [-0.05, 0) is 0 Å². The van der Waals surface area contributed by atoms with Crippen LogP contribution in [-0.4, -0.2) is 19.8 Å². The Morgan fingerprint density at radius 2 is 2.00 bits per heavy atom. The van der Waals surface area contributed by atoms with Gasteiger partial charge in [-0.25, -0.2) is 24.4 Å². The highest BCUT2D eigenvalue weighted by Gasteiger charge is 2.10. The minimum Gasteiger partial charge on any atom is -0.393 e. The van der Waals surface area contributed by atoms with Gasteiger partial charge in [-0.3, -0.25) is 0 Å². The minimum absolute atomic E-state index is 0.176. The van der Waals surface area contributed by atoms with Gasteiger partial charge in [-0.2, -0.15) is 0 Å². The Labute approximate surface area is 78.7 Å². The lowest BCUT2D eigenvalue weighted by molar-refractivity contribution is 0.568. The molecule has 13 heavy (non-hydrogen) atoms. The Hall–Kier alpha value is -1.37. The first-order chi connectivity index (χ1) is 6.02. The van der Waals surface area contributed by atoms with E-state index in [-0.39, 0.29) is 17.5 Å². The maximum Gasteiger partial charge on any atom is 0.344 e. The number of nitrogens with zero attached hydrogens (tertiary/aromatic N) is 1. The van der Waals surface area contributed by atoms with E-state index in [4.69, 9.17) is 18.0 Å². The van der Waals surface area contributed by atoms with Crippen LogP contribution in [0.3, 0.4) is 0 Å². The molecule has 1 unspecified atom stereocenters. The van der Waals surface area contributed by atoms with Crippen LogP contribution in [0.2, 0.25) is 0 Å². The van der Waals surface area contributed by atoms with Gasteiger partial charge < -0.3 is 5.73 Å². The van der Waals surface area contributed by atoms with Crippen molar-refractivity contribution >= 4 is 17.2 Å². The number of nitrogens with two attached hydrogens (primary N) is 1. The van der Waals surface area contributed by atoms with E-state index in [9.17, 15) is 9.59 Å². The molecule has 1 aromatic rings. The van der Waals surface area contributed by atoms with Gasteiger partial charge in [0.25, 0.3) is 0 Å². The van der Waals surface area contributed by atoms with E-state index in [1.54, 1.807) is 6.92 Å². The van der Waals surface area contributed by atoms with Gasteiger partial charge in [0.15, 0.2) is 0 Å². The number of thiocarbonyl (C=S) groups is 1. The quantitative estimate of drug-likeness (QED) is 0.536.